The zero-order valence-corrected chi connectivity index (χ0v) is 12.6. The minimum Gasteiger partial charge on any atom is -0.497 e. The second kappa shape index (κ2) is 5.52. The Morgan fingerprint density at radius 3 is 2.40 bits per heavy atom. The SMILES string of the molecule is COc1ccc(NC2CC3CCC(C2)N3C)c(OC)c1. The average Bonchev–Trinajstić information content (AvgIpc) is 2.69. The summed E-state index contributed by atoms with van der Waals surface area (Å²) in [5.41, 5.74) is 1.07. The fourth-order valence-corrected chi connectivity index (χ4v) is 3.67. The minimum absolute atomic E-state index is 0.547. The summed E-state index contributed by atoms with van der Waals surface area (Å²) in [7, 11) is 5.65. The van der Waals surface area contributed by atoms with Crippen LogP contribution >= 0.6 is 0 Å². The maximum Gasteiger partial charge on any atom is 0.145 e. The van der Waals surface area contributed by atoms with Crippen LogP contribution < -0.4 is 14.8 Å². The van der Waals surface area contributed by atoms with E-state index in [0.29, 0.717) is 6.04 Å². The van der Waals surface area contributed by atoms with Crippen molar-refractivity contribution in [2.24, 2.45) is 0 Å². The molecule has 2 heterocycles. The van der Waals surface area contributed by atoms with E-state index in [1.54, 1.807) is 14.2 Å². The minimum atomic E-state index is 0.547. The summed E-state index contributed by atoms with van der Waals surface area (Å²) >= 11 is 0. The van der Waals surface area contributed by atoms with Crippen LogP contribution in [0.3, 0.4) is 0 Å². The highest BCUT2D eigenvalue weighted by molar-refractivity contribution is 5.59. The van der Waals surface area contributed by atoms with Gasteiger partial charge in [0.25, 0.3) is 0 Å². The highest BCUT2D eigenvalue weighted by Gasteiger charge is 2.38. The first-order chi connectivity index (χ1) is 9.71. The molecule has 0 saturated carbocycles. The fourth-order valence-electron chi connectivity index (χ4n) is 3.67. The number of methoxy groups -OCH3 is 2. The van der Waals surface area contributed by atoms with Crippen molar-refractivity contribution in [3.05, 3.63) is 18.2 Å². The molecule has 2 aliphatic rings. The van der Waals surface area contributed by atoms with Crippen LogP contribution in [0.2, 0.25) is 0 Å². The number of anilines is 1. The Balaban J connectivity index is 1.72. The first-order valence-electron chi connectivity index (χ1n) is 7.41. The molecule has 2 aliphatic heterocycles. The summed E-state index contributed by atoms with van der Waals surface area (Å²) in [5, 5.41) is 3.67. The van der Waals surface area contributed by atoms with Gasteiger partial charge in [0.15, 0.2) is 0 Å². The Morgan fingerprint density at radius 1 is 1.10 bits per heavy atom. The molecule has 1 aromatic rings. The van der Waals surface area contributed by atoms with E-state index in [4.69, 9.17) is 9.47 Å². The van der Waals surface area contributed by atoms with E-state index < -0.39 is 0 Å². The van der Waals surface area contributed by atoms with Crippen molar-refractivity contribution in [2.45, 2.75) is 43.8 Å². The van der Waals surface area contributed by atoms with Gasteiger partial charge in [-0.15, -0.1) is 0 Å². The van der Waals surface area contributed by atoms with Gasteiger partial charge in [-0.25, -0.2) is 0 Å². The van der Waals surface area contributed by atoms with Crippen molar-refractivity contribution in [2.75, 3.05) is 26.6 Å². The quantitative estimate of drug-likeness (QED) is 0.917. The summed E-state index contributed by atoms with van der Waals surface area (Å²) in [5.74, 6) is 1.69. The van der Waals surface area contributed by atoms with Crippen molar-refractivity contribution < 1.29 is 9.47 Å². The van der Waals surface area contributed by atoms with Gasteiger partial charge in [0.1, 0.15) is 11.5 Å². The Bertz CT molecular complexity index is 464. The van der Waals surface area contributed by atoms with Gasteiger partial charge in [0.2, 0.25) is 0 Å². The highest BCUT2D eigenvalue weighted by atomic mass is 16.5. The maximum atomic E-state index is 5.47. The number of hydrogen-bond donors (Lipinski definition) is 1. The third-order valence-electron chi connectivity index (χ3n) is 4.87. The zero-order valence-electron chi connectivity index (χ0n) is 12.6. The van der Waals surface area contributed by atoms with Gasteiger partial charge in [-0.2, -0.15) is 0 Å². The number of benzene rings is 1. The molecule has 1 aromatic carbocycles. The molecule has 20 heavy (non-hydrogen) atoms. The van der Waals surface area contributed by atoms with Gasteiger partial charge in [-0.1, -0.05) is 0 Å². The molecule has 4 heteroatoms. The van der Waals surface area contributed by atoms with E-state index in [0.717, 1.165) is 29.3 Å². The van der Waals surface area contributed by atoms with Crippen LogP contribution in [0.15, 0.2) is 18.2 Å². The molecule has 2 fully saturated rings. The van der Waals surface area contributed by atoms with Crippen LogP contribution in [0.25, 0.3) is 0 Å². The molecule has 2 saturated heterocycles. The summed E-state index contributed by atoms with van der Waals surface area (Å²) < 4.78 is 10.7. The normalized spacial score (nSPS) is 29.2. The zero-order chi connectivity index (χ0) is 14.1. The first-order valence-corrected chi connectivity index (χ1v) is 7.41. The van der Waals surface area contributed by atoms with Crippen molar-refractivity contribution in [1.29, 1.82) is 0 Å². The van der Waals surface area contributed by atoms with Crippen LogP contribution in [0.1, 0.15) is 25.7 Å². The third kappa shape index (κ3) is 2.44. The molecular weight excluding hydrogens is 252 g/mol. The molecule has 0 aromatic heterocycles. The monoisotopic (exact) mass is 276 g/mol. The van der Waals surface area contributed by atoms with E-state index in [-0.39, 0.29) is 0 Å². The Morgan fingerprint density at radius 2 is 1.80 bits per heavy atom. The number of nitrogens with zero attached hydrogens (tertiary/aromatic N) is 1. The van der Waals surface area contributed by atoms with E-state index >= 15 is 0 Å². The number of ether oxygens (including phenoxy) is 2. The largest absolute Gasteiger partial charge is 0.497 e. The molecule has 0 radical (unpaired) electrons. The molecular formula is C16H24N2O2. The van der Waals surface area contributed by atoms with Crippen molar-refractivity contribution >= 4 is 5.69 Å². The van der Waals surface area contributed by atoms with Crippen molar-refractivity contribution in [3.63, 3.8) is 0 Å². The Kier molecular flexibility index (Phi) is 3.74. The number of nitrogens with one attached hydrogen (secondary N) is 1. The van der Waals surface area contributed by atoms with Crippen LogP contribution in [-0.2, 0) is 0 Å². The standard InChI is InChI=1S/C16H24N2O2/c1-18-12-4-5-13(18)9-11(8-12)17-15-7-6-14(19-2)10-16(15)20-3/h6-7,10-13,17H,4-5,8-9H2,1-3H3. The summed E-state index contributed by atoms with van der Waals surface area (Å²) in [6.07, 6.45) is 5.14. The first kappa shape index (κ1) is 13.6. The molecule has 110 valence electrons. The molecule has 0 amide bonds. The van der Waals surface area contributed by atoms with Crippen LogP contribution in [0.4, 0.5) is 5.69 Å². The fraction of sp³-hybridized carbons (Fsp3) is 0.625. The van der Waals surface area contributed by atoms with Crippen molar-refractivity contribution in [1.82, 2.24) is 4.90 Å². The second-order valence-electron chi connectivity index (χ2n) is 5.93. The number of fused-ring (bicyclic) bond motifs is 2. The van der Waals surface area contributed by atoms with Crippen LogP contribution in [0, 0.1) is 0 Å². The van der Waals surface area contributed by atoms with Gasteiger partial charge < -0.3 is 19.7 Å². The van der Waals surface area contributed by atoms with Gasteiger partial charge in [-0.3, -0.25) is 0 Å². The average molecular weight is 276 g/mol. The van der Waals surface area contributed by atoms with E-state index in [2.05, 4.69) is 23.3 Å². The lowest BCUT2D eigenvalue weighted by Crippen LogP contribution is -2.44. The second-order valence-corrected chi connectivity index (χ2v) is 5.93. The summed E-state index contributed by atoms with van der Waals surface area (Å²) in [6, 6.07) is 8.01. The molecule has 4 nitrogen and oxygen atoms in total. The predicted molar refractivity (Wildman–Crippen MR) is 80.8 cm³/mol. The topological polar surface area (TPSA) is 33.7 Å². The van der Waals surface area contributed by atoms with Crippen LogP contribution in [-0.4, -0.2) is 44.3 Å². The number of hydrogen-bond acceptors (Lipinski definition) is 4. The smallest absolute Gasteiger partial charge is 0.145 e. The summed E-state index contributed by atoms with van der Waals surface area (Å²) in [4.78, 5) is 2.56. The summed E-state index contributed by atoms with van der Waals surface area (Å²) in [6.45, 7) is 0. The van der Waals surface area contributed by atoms with Gasteiger partial charge >= 0.3 is 0 Å². The Hall–Kier alpha value is -1.42. The van der Waals surface area contributed by atoms with Gasteiger partial charge in [0.05, 0.1) is 19.9 Å². The molecule has 0 spiro atoms. The van der Waals surface area contributed by atoms with E-state index in [9.17, 15) is 0 Å². The van der Waals surface area contributed by atoms with Crippen molar-refractivity contribution in [3.8, 4) is 11.5 Å². The molecule has 2 bridgehead atoms. The van der Waals surface area contributed by atoms with Gasteiger partial charge in [0, 0.05) is 24.2 Å². The molecule has 0 aliphatic carbocycles. The lowest BCUT2D eigenvalue weighted by molar-refractivity contribution is 0.169. The number of piperidine rings is 1. The van der Waals surface area contributed by atoms with E-state index in [1.807, 2.05) is 12.1 Å². The molecule has 3 rings (SSSR count). The molecule has 2 unspecified atom stereocenters. The molecule has 2 atom stereocenters. The van der Waals surface area contributed by atoms with E-state index in [1.165, 1.54) is 25.7 Å². The third-order valence-corrected chi connectivity index (χ3v) is 4.87. The Labute approximate surface area is 121 Å². The predicted octanol–water partition coefficient (Wildman–Crippen LogP) is 2.74. The lowest BCUT2D eigenvalue weighted by atomic mass is 9.97. The maximum absolute atomic E-state index is 5.47. The van der Waals surface area contributed by atoms with Gasteiger partial charge in [-0.05, 0) is 44.9 Å². The number of rotatable bonds is 4. The lowest BCUT2D eigenvalue weighted by Gasteiger charge is -2.37. The molecule has 1 N–H and O–H groups in total. The highest BCUT2D eigenvalue weighted by Crippen LogP contribution is 2.37. The van der Waals surface area contributed by atoms with Crippen LogP contribution in [0.5, 0.6) is 11.5 Å².